The Morgan fingerprint density at radius 3 is 2.50 bits per heavy atom. The Bertz CT molecular complexity index is 785. The van der Waals surface area contributed by atoms with E-state index in [2.05, 4.69) is 4.98 Å². The maximum Gasteiger partial charge on any atom is 0.176 e. The molecule has 20 heavy (non-hydrogen) atoms. The lowest BCUT2D eigenvalue weighted by Gasteiger charge is -2.06. The number of aromatic nitrogens is 2. The monoisotopic (exact) mass is 262 g/mol. The normalized spacial score (nSPS) is 11.8. The average Bonchev–Trinajstić information content (AvgIpc) is 2.89. The molecule has 3 nitrogen and oxygen atoms in total. The number of rotatable bonds is 3. The third-order valence-electron chi connectivity index (χ3n) is 3.18. The highest BCUT2D eigenvalue weighted by Crippen LogP contribution is 2.19. The first-order valence-electron chi connectivity index (χ1n) is 6.46. The van der Waals surface area contributed by atoms with Crippen LogP contribution >= 0.6 is 0 Å². The van der Waals surface area contributed by atoms with Crippen LogP contribution in [-0.2, 0) is 4.79 Å². The molecule has 0 bridgehead atoms. The summed E-state index contributed by atoms with van der Waals surface area (Å²) in [6, 6.07) is 17.6. The zero-order chi connectivity index (χ0) is 13.9. The average molecular weight is 262 g/mol. The van der Waals surface area contributed by atoms with E-state index in [4.69, 9.17) is 0 Å². The van der Waals surface area contributed by atoms with Gasteiger partial charge in [-0.15, -0.1) is 0 Å². The molecule has 0 saturated heterocycles. The molecule has 0 aliphatic rings. The van der Waals surface area contributed by atoms with Crippen molar-refractivity contribution in [3.05, 3.63) is 66.5 Å². The van der Waals surface area contributed by atoms with Gasteiger partial charge in [-0.3, -0.25) is 9.36 Å². The lowest BCUT2D eigenvalue weighted by atomic mass is 10.1. The third-order valence-corrected chi connectivity index (χ3v) is 3.18. The molecule has 3 rings (SSSR count). The van der Waals surface area contributed by atoms with Gasteiger partial charge in [-0.25, -0.2) is 4.98 Å². The van der Waals surface area contributed by atoms with E-state index in [0.717, 1.165) is 16.6 Å². The molecule has 0 saturated carbocycles. The van der Waals surface area contributed by atoms with E-state index in [1.807, 2.05) is 65.2 Å². The number of carbonyl (C=O) groups excluding carboxylic acids is 1. The molecule has 98 valence electrons. The zero-order valence-corrected chi connectivity index (χ0v) is 11.2. The molecule has 1 aromatic heterocycles. The molecule has 3 aromatic rings. The number of hydrogen-bond acceptors (Lipinski definition) is 2. The van der Waals surface area contributed by atoms with Crippen molar-refractivity contribution in [2.75, 3.05) is 0 Å². The summed E-state index contributed by atoms with van der Waals surface area (Å²) in [7, 11) is 0. The molecule has 2 aromatic carbocycles. The Morgan fingerprint density at radius 1 is 1.05 bits per heavy atom. The molecule has 3 heteroatoms. The van der Waals surface area contributed by atoms with Gasteiger partial charge >= 0.3 is 0 Å². The van der Waals surface area contributed by atoms with E-state index >= 15 is 0 Å². The van der Waals surface area contributed by atoms with E-state index in [1.54, 1.807) is 13.3 Å². The van der Waals surface area contributed by atoms with E-state index in [1.165, 1.54) is 0 Å². The Hall–Kier alpha value is -2.68. The number of fused-ring (bicyclic) bond motifs is 1. The highest BCUT2D eigenvalue weighted by atomic mass is 16.1. The van der Waals surface area contributed by atoms with Gasteiger partial charge in [0, 0.05) is 6.92 Å². The first-order valence-corrected chi connectivity index (χ1v) is 6.46. The number of carbonyl (C=O) groups is 1. The van der Waals surface area contributed by atoms with E-state index in [0.29, 0.717) is 5.70 Å². The van der Waals surface area contributed by atoms with Crippen LogP contribution in [0, 0.1) is 0 Å². The second-order valence-corrected chi connectivity index (χ2v) is 4.60. The maximum absolute atomic E-state index is 12.0. The molecule has 0 fully saturated rings. The summed E-state index contributed by atoms with van der Waals surface area (Å²) < 4.78 is 1.84. The van der Waals surface area contributed by atoms with Crippen LogP contribution < -0.4 is 0 Å². The van der Waals surface area contributed by atoms with Gasteiger partial charge in [-0.1, -0.05) is 42.5 Å². The summed E-state index contributed by atoms with van der Waals surface area (Å²) in [5.41, 5.74) is 3.43. The van der Waals surface area contributed by atoms with Crippen molar-refractivity contribution in [3.8, 4) is 0 Å². The summed E-state index contributed by atoms with van der Waals surface area (Å²) in [6.45, 7) is 1.57. The van der Waals surface area contributed by atoms with Crippen molar-refractivity contribution >= 4 is 28.6 Å². The van der Waals surface area contributed by atoms with Gasteiger partial charge in [0.15, 0.2) is 5.78 Å². The summed E-state index contributed by atoms with van der Waals surface area (Å²) in [5, 5.41) is 0. The van der Waals surface area contributed by atoms with Crippen molar-refractivity contribution in [3.63, 3.8) is 0 Å². The van der Waals surface area contributed by atoms with Gasteiger partial charge < -0.3 is 0 Å². The molecular weight excluding hydrogens is 248 g/mol. The molecule has 0 spiro atoms. The molecule has 0 atom stereocenters. The zero-order valence-electron chi connectivity index (χ0n) is 11.2. The summed E-state index contributed by atoms with van der Waals surface area (Å²) in [4.78, 5) is 16.3. The Kier molecular flexibility index (Phi) is 3.17. The summed E-state index contributed by atoms with van der Waals surface area (Å²) in [6.07, 6.45) is 3.58. The van der Waals surface area contributed by atoms with Crippen LogP contribution in [0.25, 0.3) is 22.8 Å². The van der Waals surface area contributed by atoms with Gasteiger partial charge in [0.2, 0.25) is 0 Å². The summed E-state index contributed by atoms with van der Waals surface area (Å²) in [5.74, 6) is 0.0111. The number of Topliss-reactive ketones (excluding diaryl/α,β-unsaturated/α-hetero) is 1. The molecule has 0 radical (unpaired) electrons. The number of imidazole rings is 1. The fourth-order valence-corrected chi connectivity index (χ4v) is 2.20. The highest BCUT2D eigenvalue weighted by molar-refractivity contribution is 6.19. The molecule has 0 unspecified atom stereocenters. The number of benzene rings is 2. The van der Waals surface area contributed by atoms with E-state index in [9.17, 15) is 4.79 Å². The van der Waals surface area contributed by atoms with Gasteiger partial charge in [0.05, 0.1) is 16.7 Å². The van der Waals surface area contributed by atoms with Crippen molar-refractivity contribution in [1.29, 1.82) is 0 Å². The van der Waals surface area contributed by atoms with Crippen molar-refractivity contribution < 1.29 is 4.79 Å². The van der Waals surface area contributed by atoms with Gasteiger partial charge in [-0.05, 0) is 23.8 Å². The fourth-order valence-electron chi connectivity index (χ4n) is 2.20. The topological polar surface area (TPSA) is 34.9 Å². The first kappa shape index (κ1) is 12.4. The van der Waals surface area contributed by atoms with Gasteiger partial charge in [0.1, 0.15) is 6.33 Å². The Balaban J connectivity index is 2.17. The Morgan fingerprint density at radius 2 is 1.75 bits per heavy atom. The largest absolute Gasteiger partial charge is 0.295 e. The van der Waals surface area contributed by atoms with Crippen LogP contribution in [0.15, 0.2) is 60.9 Å². The SMILES string of the molecule is CC(=O)/C(=C/c1ccccc1)n1cnc2ccccc21. The fraction of sp³-hybridized carbons (Fsp3) is 0.0588. The number of hydrogen-bond donors (Lipinski definition) is 0. The highest BCUT2D eigenvalue weighted by Gasteiger charge is 2.10. The predicted molar refractivity (Wildman–Crippen MR) is 81.0 cm³/mol. The minimum absolute atomic E-state index is 0.0111. The van der Waals surface area contributed by atoms with Crippen molar-refractivity contribution in [1.82, 2.24) is 9.55 Å². The van der Waals surface area contributed by atoms with Crippen molar-refractivity contribution in [2.45, 2.75) is 6.92 Å². The minimum atomic E-state index is 0.0111. The molecule has 0 N–H and O–H groups in total. The van der Waals surface area contributed by atoms with Crippen LogP contribution in [0.5, 0.6) is 0 Å². The maximum atomic E-state index is 12.0. The molecule has 0 aliphatic heterocycles. The van der Waals surface area contributed by atoms with E-state index in [-0.39, 0.29) is 5.78 Å². The molecule has 0 aliphatic carbocycles. The van der Waals surface area contributed by atoms with Gasteiger partial charge in [0.25, 0.3) is 0 Å². The van der Waals surface area contributed by atoms with Crippen LogP contribution in [-0.4, -0.2) is 15.3 Å². The van der Waals surface area contributed by atoms with Crippen LogP contribution in [0.2, 0.25) is 0 Å². The van der Waals surface area contributed by atoms with E-state index < -0.39 is 0 Å². The van der Waals surface area contributed by atoms with Crippen molar-refractivity contribution in [2.24, 2.45) is 0 Å². The number of para-hydroxylation sites is 2. The quantitative estimate of drug-likeness (QED) is 0.676. The molecular formula is C17H14N2O. The second kappa shape index (κ2) is 5.13. The lowest BCUT2D eigenvalue weighted by Crippen LogP contribution is -2.04. The molecule has 0 amide bonds. The van der Waals surface area contributed by atoms with Crippen LogP contribution in [0.3, 0.4) is 0 Å². The summed E-state index contributed by atoms with van der Waals surface area (Å²) >= 11 is 0. The standard InChI is InChI=1S/C17H14N2O/c1-13(20)17(11-14-7-3-2-4-8-14)19-12-18-15-9-5-6-10-16(15)19/h2-12H,1H3/b17-11-. The molecule has 1 heterocycles. The van der Waals surface area contributed by atoms with Crippen LogP contribution in [0.1, 0.15) is 12.5 Å². The van der Waals surface area contributed by atoms with Gasteiger partial charge in [-0.2, -0.15) is 0 Å². The Labute approximate surface area is 117 Å². The van der Waals surface area contributed by atoms with Crippen LogP contribution in [0.4, 0.5) is 0 Å². The lowest BCUT2D eigenvalue weighted by molar-refractivity contribution is -0.112. The smallest absolute Gasteiger partial charge is 0.176 e. The number of allylic oxidation sites excluding steroid dienone is 1. The number of ketones is 1. The predicted octanol–water partition coefficient (Wildman–Crippen LogP) is 3.62. The number of nitrogens with zero attached hydrogens (tertiary/aromatic N) is 2. The first-order chi connectivity index (χ1) is 9.75. The second-order valence-electron chi connectivity index (χ2n) is 4.60. The minimum Gasteiger partial charge on any atom is -0.295 e. The third kappa shape index (κ3) is 2.26.